The van der Waals surface area contributed by atoms with Crippen LogP contribution in [0, 0.1) is 19.8 Å². The van der Waals surface area contributed by atoms with Crippen molar-refractivity contribution >= 4 is 40.1 Å². The zero-order valence-electron chi connectivity index (χ0n) is 28.2. The van der Waals surface area contributed by atoms with Crippen LogP contribution in [0.4, 0.5) is 5.82 Å². The van der Waals surface area contributed by atoms with Gasteiger partial charge in [0.15, 0.2) is 0 Å². The monoisotopic (exact) mass is 635 g/mol. The standard InChI is InChI=1S/C18H21ClOS.C11H13N3.C7H14.C2H6/c1-3-16(21-17-10-4-13(2)5-11-17)12-18(20)14-6-8-15(19)9-7-14;1-8-12-10-7-5-4-6-9(10)11(13-8)14(2)3;1-7-5-3-2-4-6-7;1-2/h4-11,16,18,20H,3,12H2,1-2H3;4-7H,1-3H3;7H,2-6H2,1H3;1-2H3. The molecule has 1 heterocycles. The molecule has 2 atom stereocenters. The molecule has 1 fully saturated rings. The number of thioether (sulfide) groups is 1. The van der Waals surface area contributed by atoms with Crippen molar-refractivity contribution in [2.75, 3.05) is 19.0 Å². The number of rotatable bonds is 7. The van der Waals surface area contributed by atoms with Crippen LogP contribution in [-0.2, 0) is 0 Å². The molecule has 240 valence electrons. The van der Waals surface area contributed by atoms with Gasteiger partial charge in [-0.05, 0) is 74.6 Å². The van der Waals surface area contributed by atoms with Crippen LogP contribution in [0.15, 0.2) is 77.7 Å². The van der Waals surface area contributed by atoms with Gasteiger partial charge in [0, 0.05) is 34.6 Å². The second-order valence-electron chi connectivity index (χ2n) is 11.5. The fourth-order valence-electron chi connectivity index (χ4n) is 5.00. The first-order valence-electron chi connectivity index (χ1n) is 16.2. The number of aliphatic hydroxyl groups excluding tert-OH is 1. The Labute approximate surface area is 276 Å². The van der Waals surface area contributed by atoms with Gasteiger partial charge in [0.1, 0.15) is 11.6 Å². The van der Waals surface area contributed by atoms with Crippen LogP contribution >= 0.6 is 23.4 Å². The smallest absolute Gasteiger partial charge is 0.139 e. The Morgan fingerprint density at radius 1 is 0.886 bits per heavy atom. The molecule has 0 radical (unpaired) electrons. The lowest BCUT2D eigenvalue weighted by atomic mass is 9.91. The molecule has 4 nitrogen and oxygen atoms in total. The first-order valence-corrected chi connectivity index (χ1v) is 17.5. The van der Waals surface area contributed by atoms with Crippen LogP contribution in [0.3, 0.4) is 0 Å². The number of aliphatic hydroxyl groups is 1. The Bertz CT molecular complexity index is 1340. The molecule has 6 heteroatoms. The van der Waals surface area contributed by atoms with E-state index >= 15 is 0 Å². The Balaban J connectivity index is 0.000000250. The van der Waals surface area contributed by atoms with Gasteiger partial charge >= 0.3 is 0 Å². The Hall–Kier alpha value is -2.60. The highest BCUT2D eigenvalue weighted by Gasteiger charge is 2.16. The summed E-state index contributed by atoms with van der Waals surface area (Å²) in [5.74, 6) is 2.83. The van der Waals surface area contributed by atoms with Crippen LogP contribution in [-0.4, -0.2) is 34.4 Å². The second-order valence-corrected chi connectivity index (χ2v) is 13.3. The molecular weight excluding hydrogens is 582 g/mol. The van der Waals surface area contributed by atoms with E-state index in [2.05, 4.69) is 55.0 Å². The molecule has 4 aromatic rings. The van der Waals surface area contributed by atoms with Crippen LogP contribution in [0.5, 0.6) is 0 Å². The molecule has 0 saturated heterocycles. The summed E-state index contributed by atoms with van der Waals surface area (Å²) >= 11 is 7.72. The third kappa shape index (κ3) is 13.2. The Morgan fingerprint density at radius 2 is 1.50 bits per heavy atom. The van der Waals surface area contributed by atoms with E-state index in [0.29, 0.717) is 10.3 Å². The lowest BCUT2D eigenvalue weighted by Crippen LogP contribution is -2.12. The summed E-state index contributed by atoms with van der Waals surface area (Å²) in [6, 6.07) is 24.1. The fraction of sp³-hybridized carbons (Fsp3) is 0.474. The molecule has 5 rings (SSSR count). The van der Waals surface area contributed by atoms with Crippen molar-refractivity contribution in [2.45, 2.75) is 103 Å². The van der Waals surface area contributed by atoms with Gasteiger partial charge in [-0.1, -0.05) is 113 Å². The number of para-hydroxylation sites is 1. The van der Waals surface area contributed by atoms with Gasteiger partial charge < -0.3 is 10.0 Å². The van der Waals surface area contributed by atoms with Crippen molar-refractivity contribution in [1.82, 2.24) is 9.97 Å². The van der Waals surface area contributed by atoms with Gasteiger partial charge in [-0.15, -0.1) is 11.8 Å². The molecule has 0 amide bonds. The van der Waals surface area contributed by atoms with Gasteiger partial charge in [0.25, 0.3) is 0 Å². The molecule has 1 N–H and O–H groups in total. The lowest BCUT2D eigenvalue weighted by molar-refractivity contribution is 0.166. The Kier molecular flexibility index (Phi) is 17.5. The summed E-state index contributed by atoms with van der Waals surface area (Å²) in [5, 5.41) is 12.6. The first-order chi connectivity index (χ1) is 21.2. The summed E-state index contributed by atoms with van der Waals surface area (Å²) in [7, 11) is 3.99. The van der Waals surface area contributed by atoms with Gasteiger partial charge in [-0.25, -0.2) is 9.97 Å². The molecular formula is C38H54ClN3OS. The summed E-state index contributed by atoms with van der Waals surface area (Å²) in [6.07, 6.45) is 8.78. The van der Waals surface area contributed by atoms with Crippen molar-refractivity contribution in [3.8, 4) is 0 Å². The number of aryl methyl sites for hydroxylation is 2. The van der Waals surface area contributed by atoms with E-state index in [-0.39, 0.29) is 0 Å². The van der Waals surface area contributed by atoms with Gasteiger partial charge in [-0.3, -0.25) is 0 Å². The Morgan fingerprint density at radius 3 is 2.05 bits per heavy atom. The maximum atomic E-state index is 10.4. The molecule has 1 aromatic heterocycles. The second kappa shape index (κ2) is 20.4. The highest BCUT2D eigenvalue weighted by molar-refractivity contribution is 8.00. The van der Waals surface area contributed by atoms with Gasteiger partial charge in [-0.2, -0.15) is 0 Å². The zero-order chi connectivity index (χ0) is 32.5. The summed E-state index contributed by atoms with van der Waals surface area (Å²) < 4.78 is 0. The summed E-state index contributed by atoms with van der Waals surface area (Å²) in [4.78, 5) is 12.1. The third-order valence-corrected chi connectivity index (χ3v) is 9.19. The van der Waals surface area contributed by atoms with E-state index in [1.54, 1.807) is 0 Å². The number of hydrogen-bond donors (Lipinski definition) is 1. The molecule has 3 aromatic carbocycles. The summed E-state index contributed by atoms with van der Waals surface area (Å²) in [5.41, 5.74) is 3.21. The normalized spacial score (nSPS) is 14.1. The summed E-state index contributed by atoms with van der Waals surface area (Å²) in [6.45, 7) is 12.5. The zero-order valence-corrected chi connectivity index (χ0v) is 29.8. The number of anilines is 1. The van der Waals surface area contributed by atoms with E-state index in [9.17, 15) is 5.11 Å². The third-order valence-electron chi connectivity index (χ3n) is 7.53. The molecule has 0 aliphatic heterocycles. The van der Waals surface area contributed by atoms with Crippen molar-refractivity contribution < 1.29 is 5.11 Å². The minimum Gasteiger partial charge on any atom is -0.388 e. The number of benzene rings is 3. The van der Waals surface area contributed by atoms with Crippen molar-refractivity contribution in [3.63, 3.8) is 0 Å². The predicted octanol–water partition coefficient (Wildman–Crippen LogP) is 11.3. The molecule has 1 aliphatic rings. The number of nitrogens with zero attached hydrogens (tertiary/aromatic N) is 3. The number of fused-ring (bicyclic) bond motifs is 1. The maximum absolute atomic E-state index is 10.4. The van der Waals surface area contributed by atoms with E-state index in [4.69, 9.17) is 11.6 Å². The van der Waals surface area contributed by atoms with E-state index in [0.717, 1.165) is 46.9 Å². The maximum Gasteiger partial charge on any atom is 0.139 e. The highest BCUT2D eigenvalue weighted by Crippen LogP contribution is 2.32. The first kappa shape index (κ1) is 37.6. The number of hydrogen-bond acceptors (Lipinski definition) is 5. The molecule has 0 bridgehead atoms. The number of aromatic nitrogens is 2. The predicted molar refractivity (Wildman–Crippen MR) is 194 cm³/mol. The molecule has 44 heavy (non-hydrogen) atoms. The average Bonchev–Trinajstić information content (AvgIpc) is 3.03. The van der Waals surface area contributed by atoms with Crippen molar-refractivity contribution in [1.29, 1.82) is 0 Å². The van der Waals surface area contributed by atoms with Gasteiger partial charge in [0.05, 0.1) is 11.6 Å². The van der Waals surface area contributed by atoms with E-state index in [1.807, 2.05) is 100 Å². The van der Waals surface area contributed by atoms with Crippen molar-refractivity contribution in [2.24, 2.45) is 5.92 Å². The minimum atomic E-state index is -0.440. The van der Waals surface area contributed by atoms with Crippen LogP contribution < -0.4 is 4.90 Å². The van der Waals surface area contributed by atoms with E-state index in [1.165, 1.54) is 42.6 Å². The average molecular weight is 636 g/mol. The van der Waals surface area contributed by atoms with Crippen LogP contribution in [0.2, 0.25) is 5.02 Å². The lowest BCUT2D eigenvalue weighted by Gasteiger charge is -2.19. The largest absolute Gasteiger partial charge is 0.388 e. The molecule has 2 unspecified atom stereocenters. The number of halogens is 1. The SMILES string of the molecule is CC.CC1CCCCC1.CCC(CC(O)c1ccc(Cl)cc1)Sc1ccc(C)cc1.Cc1nc(N(C)C)c2ccccc2n1. The van der Waals surface area contributed by atoms with E-state index < -0.39 is 6.10 Å². The minimum absolute atomic E-state index is 0.401. The topological polar surface area (TPSA) is 49.3 Å². The van der Waals surface area contributed by atoms with Crippen molar-refractivity contribution in [3.05, 3.63) is 94.8 Å². The quantitative estimate of drug-likeness (QED) is 0.205. The van der Waals surface area contributed by atoms with Crippen LogP contribution in [0.25, 0.3) is 10.9 Å². The highest BCUT2D eigenvalue weighted by atomic mass is 35.5. The molecule has 0 spiro atoms. The molecule has 1 saturated carbocycles. The van der Waals surface area contributed by atoms with Gasteiger partial charge in [0.2, 0.25) is 0 Å². The molecule has 1 aliphatic carbocycles. The van der Waals surface area contributed by atoms with Crippen LogP contribution in [0.1, 0.15) is 95.7 Å². The fourth-order valence-corrected chi connectivity index (χ4v) is 6.25.